The van der Waals surface area contributed by atoms with Crippen molar-refractivity contribution < 1.29 is 14.0 Å². The van der Waals surface area contributed by atoms with Gasteiger partial charge in [0.1, 0.15) is 6.29 Å². The molecule has 0 aromatic rings. The van der Waals surface area contributed by atoms with Crippen LogP contribution >= 0.6 is 0 Å². The Hall–Kier alpha value is -0.613. The van der Waals surface area contributed by atoms with Gasteiger partial charge in [0.2, 0.25) is 8.32 Å². The largest absolute Gasteiger partial charge is 0.547 e. The quantitative estimate of drug-likeness (QED) is 0.562. The molecule has 16 heavy (non-hydrogen) atoms. The summed E-state index contributed by atoms with van der Waals surface area (Å²) in [7, 11) is 0.0836. The summed E-state index contributed by atoms with van der Waals surface area (Å²) < 4.78 is 11.3. The van der Waals surface area contributed by atoms with Gasteiger partial charge in [0.25, 0.3) is 0 Å². The van der Waals surface area contributed by atoms with Crippen molar-refractivity contribution in [3.05, 3.63) is 11.8 Å². The molecule has 0 saturated heterocycles. The maximum Gasteiger partial charge on any atom is 0.241 e. The van der Waals surface area contributed by atoms with E-state index in [1.54, 1.807) is 7.11 Å². The third-order valence-electron chi connectivity index (χ3n) is 2.86. The Balaban J connectivity index is 2.82. The number of rotatable bonds is 4. The van der Waals surface area contributed by atoms with Crippen molar-refractivity contribution in [2.75, 3.05) is 7.11 Å². The molecule has 1 aliphatic carbocycles. The molecule has 2 atom stereocenters. The highest BCUT2D eigenvalue weighted by Gasteiger charge is 2.37. The Morgan fingerprint density at radius 2 is 2.12 bits per heavy atom. The van der Waals surface area contributed by atoms with Crippen molar-refractivity contribution in [3.63, 3.8) is 0 Å². The lowest BCUT2D eigenvalue weighted by molar-refractivity contribution is -0.122. The van der Waals surface area contributed by atoms with Gasteiger partial charge in [0, 0.05) is 13.5 Å². The van der Waals surface area contributed by atoms with Crippen LogP contribution < -0.4 is 0 Å². The summed E-state index contributed by atoms with van der Waals surface area (Å²) in [4.78, 5) is 11.1. The molecule has 0 aromatic heterocycles. The second kappa shape index (κ2) is 4.71. The van der Waals surface area contributed by atoms with Gasteiger partial charge in [0.15, 0.2) is 0 Å². The fourth-order valence-corrected chi connectivity index (χ4v) is 2.88. The molecule has 92 valence electrons. The third kappa shape index (κ3) is 3.19. The van der Waals surface area contributed by atoms with Gasteiger partial charge in [-0.15, -0.1) is 0 Å². The van der Waals surface area contributed by atoms with Crippen molar-refractivity contribution in [2.24, 2.45) is 5.41 Å². The Morgan fingerprint density at radius 1 is 1.50 bits per heavy atom. The number of carbonyl (C=O) groups excluding carboxylic acids is 1. The van der Waals surface area contributed by atoms with Crippen LogP contribution in [-0.2, 0) is 14.0 Å². The Bertz CT molecular complexity index is 293. The Labute approximate surface area is 99.0 Å². The first-order valence-corrected chi connectivity index (χ1v) is 9.10. The lowest BCUT2D eigenvalue weighted by Gasteiger charge is -2.36. The molecule has 0 fully saturated rings. The van der Waals surface area contributed by atoms with Crippen LogP contribution in [-0.4, -0.2) is 27.8 Å². The molecule has 0 N–H and O–H groups in total. The summed E-state index contributed by atoms with van der Waals surface area (Å²) in [6.07, 6.45) is 4.44. The van der Waals surface area contributed by atoms with E-state index < -0.39 is 13.7 Å². The van der Waals surface area contributed by atoms with E-state index in [4.69, 9.17) is 9.16 Å². The molecule has 0 heterocycles. The topological polar surface area (TPSA) is 35.5 Å². The first-order chi connectivity index (χ1) is 7.30. The van der Waals surface area contributed by atoms with E-state index >= 15 is 0 Å². The monoisotopic (exact) mass is 242 g/mol. The van der Waals surface area contributed by atoms with E-state index in [-0.39, 0.29) is 6.10 Å². The van der Waals surface area contributed by atoms with Gasteiger partial charge < -0.3 is 14.0 Å². The minimum atomic E-state index is -1.56. The third-order valence-corrected chi connectivity index (χ3v) is 3.73. The smallest absolute Gasteiger partial charge is 0.241 e. The lowest BCUT2D eigenvalue weighted by Crippen LogP contribution is -2.38. The number of carbonyl (C=O) groups is 1. The fourth-order valence-electron chi connectivity index (χ4n) is 1.92. The van der Waals surface area contributed by atoms with Crippen LogP contribution in [0.25, 0.3) is 0 Å². The number of methoxy groups -OCH3 is 1. The average Bonchev–Trinajstić information content (AvgIpc) is 2.19. The summed E-state index contributed by atoms with van der Waals surface area (Å²) in [5.74, 6) is 0.991. The molecule has 4 heteroatoms. The second-order valence-electron chi connectivity index (χ2n) is 5.63. The zero-order valence-corrected chi connectivity index (χ0v) is 11.9. The van der Waals surface area contributed by atoms with Crippen LogP contribution in [0.4, 0.5) is 0 Å². The molecule has 2 unspecified atom stereocenters. The van der Waals surface area contributed by atoms with Crippen molar-refractivity contribution in [3.8, 4) is 0 Å². The fraction of sp³-hybridized carbons (Fsp3) is 0.750. The number of ether oxygens (including phenoxy) is 1. The normalized spacial score (nSPS) is 30.8. The molecule has 1 aliphatic rings. The minimum absolute atomic E-state index is 0.162. The van der Waals surface area contributed by atoms with Gasteiger partial charge in [-0.1, -0.05) is 6.92 Å². The van der Waals surface area contributed by atoms with Gasteiger partial charge in [-0.05, 0) is 32.1 Å². The van der Waals surface area contributed by atoms with Gasteiger partial charge in [0.05, 0.1) is 17.3 Å². The maximum atomic E-state index is 11.1. The number of allylic oxidation sites excluding steroid dienone is 1. The zero-order chi connectivity index (χ0) is 12.4. The molecule has 0 amide bonds. The molecule has 0 spiro atoms. The minimum Gasteiger partial charge on any atom is -0.547 e. The zero-order valence-electron chi connectivity index (χ0n) is 10.9. The van der Waals surface area contributed by atoms with E-state index in [1.165, 1.54) is 0 Å². The van der Waals surface area contributed by atoms with Crippen molar-refractivity contribution in [2.45, 2.75) is 45.5 Å². The summed E-state index contributed by atoms with van der Waals surface area (Å²) in [5.41, 5.74) is -0.402. The number of aldehydes is 1. The second-order valence-corrected chi connectivity index (χ2v) is 10.1. The SMILES string of the molecule is COC1C=C(O[Si](C)(C)C)CCC1(C)C=O. The van der Waals surface area contributed by atoms with Gasteiger partial charge in [-0.3, -0.25) is 0 Å². The molecule has 3 nitrogen and oxygen atoms in total. The van der Waals surface area contributed by atoms with E-state index in [0.717, 1.165) is 24.9 Å². The van der Waals surface area contributed by atoms with Crippen LogP contribution in [0.2, 0.25) is 19.6 Å². The highest BCUT2D eigenvalue weighted by molar-refractivity contribution is 6.70. The van der Waals surface area contributed by atoms with E-state index in [0.29, 0.717) is 0 Å². The summed E-state index contributed by atoms with van der Waals surface area (Å²) in [6.45, 7) is 8.41. The Kier molecular flexibility index (Phi) is 3.96. The summed E-state index contributed by atoms with van der Waals surface area (Å²) in [5, 5.41) is 0. The molecular weight excluding hydrogens is 220 g/mol. The molecule has 1 rings (SSSR count). The lowest BCUT2D eigenvalue weighted by atomic mass is 9.77. The van der Waals surface area contributed by atoms with Crippen molar-refractivity contribution >= 4 is 14.6 Å². The van der Waals surface area contributed by atoms with Gasteiger partial charge >= 0.3 is 0 Å². The predicted octanol–water partition coefficient (Wildman–Crippen LogP) is 2.74. The molecule has 0 aliphatic heterocycles. The van der Waals surface area contributed by atoms with E-state index in [2.05, 4.69) is 19.6 Å². The van der Waals surface area contributed by atoms with E-state index in [1.807, 2.05) is 13.0 Å². The standard InChI is InChI=1S/C12H22O3Si/c1-12(9-13)7-6-10(8-11(12)14-2)15-16(3,4)5/h8-9,11H,6-7H2,1-5H3. The average molecular weight is 242 g/mol. The van der Waals surface area contributed by atoms with Gasteiger partial charge in [-0.25, -0.2) is 0 Å². The maximum absolute atomic E-state index is 11.1. The highest BCUT2D eigenvalue weighted by atomic mass is 28.4. The number of hydrogen-bond donors (Lipinski definition) is 0. The van der Waals surface area contributed by atoms with Gasteiger partial charge in [-0.2, -0.15) is 0 Å². The first kappa shape index (κ1) is 13.5. The first-order valence-electron chi connectivity index (χ1n) is 5.69. The summed E-state index contributed by atoms with van der Waals surface area (Å²) in [6, 6.07) is 0. The van der Waals surface area contributed by atoms with Crippen molar-refractivity contribution in [1.29, 1.82) is 0 Å². The van der Waals surface area contributed by atoms with Crippen LogP contribution in [0.15, 0.2) is 11.8 Å². The molecule has 0 aromatic carbocycles. The summed E-state index contributed by atoms with van der Waals surface area (Å²) >= 11 is 0. The highest BCUT2D eigenvalue weighted by Crippen LogP contribution is 2.36. The van der Waals surface area contributed by atoms with Crippen LogP contribution in [0.5, 0.6) is 0 Å². The Morgan fingerprint density at radius 3 is 2.56 bits per heavy atom. The molecule has 0 saturated carbocycles. The molecule has 0 radical (unpaired) electrons. The molecular formula is C12H22O3Si. The predicted molar refractivity (Wildman–Crippen MR) is 66.7 cm³/mol. The van der Waals surface area contributed by atoms with Crippen LogP contribution in [0.1, 0.15) is 19.8 Å². The van der Waals surface area contributed by atoms with Crippen LogP contribution in [0.3, 0.4) is 0 Å². The van der Waals surface area contributed by atoms with E-state index in [9.17, 15) is 4.79 Å². The molecule has 0 bridgehead atoms. The van der Waals surface area contributed by atoms with Crippen LogP contribution in [0, 0.1) is 5.41 Å². The van der Waals surface area contributed by atoms with Crippen molar-refractivity contribution in [1.82, 2.24) is 0 Å². The number of hydrogen-bond acceptors (Lipinski definition) is 3.